The predicted molar refractivity (Wildman–Crippen MR) is 123 cm³/mol. The van der Waals surface area contributed by atoms with Crippen molar-refractivity contribution in [1.29, 1.82) is 0 Å². The summed E-state index contributed by atoms with van der Waals surface area (Å²) >= 11 is 0. The lowest BCUT2D eigenvalue weighted by Crippen LogP contribution is -2.12. The number of aryl methyl sites for hydroxylation is 1. The summed E-state index contributed by atoms with van der Waals surface area (Å²) in [7, 11) is 3.13. The van der Waals surface area contributed by atoms with Gasteiger partial charge in [0.05, 0.1) is 26.0 Å². The first kappa shape index (κ1) is 22.0. The number of esters is 1. The maximum atomic E-state index is 13.0. The Morgan fingerprint density at radius 1 is 0.848 bits per heavy atom. The maximum Gasteiger partial charge on any atom is 0.315 e. The summed E-state index contributed by atoms with van der Waals surface area (Å²) in [5, 5.41) is 0.313. The van der Waals surface area contributed by atoms with Crippen molar-refractivity contribution in [3.05, 3.63) is 88.3 Å². The third kappa shape index (κ3) is 4.98. The summed E-state index contributed by atoms with van der Waals surface area (Å²) in [6, 6.07) is 18.7. The fourth-order valence-corrected chi connectivity index (χ4v) is 3.31. The minimum absolute atomic E-state index is 0.0833. The second-order valence-corrected chi connectivity index (χ2v) is 7.25. The number of hydrogen-bond acceptors (Lipinski definition) is 7. The summed E-state index contributed by atoms with van der Waals surface area (Å²) in [4.78, 5) is 25.3. The molecular formula is C26H22O7. The van der Waals surface area contributed by atoms with Gasteiger partial charge in [-0.2, -0.15) is 0 Å². The SMILES string of the molecule is COc1ccc(CC(=O)Oc2ccc3c(=O)c(Oc4cccc(OC)c4)c(C)oc3c2)cc1. The molecular weight excluding hydrogens is 424 g/mol. The highest BCUT2D eigenvalue weighted by Gasteiger charge is 2.16. The van der Waals surface area contributed by atoms with Crippen LogP contribution in [0.25, 0.3) is 11.0 Å². The molecule has 0 atom stereocenters. The third-order valence-corrected chi connectivity index (χ3v) is 4.99. The molecule has 0 amide bonds. The van der Waals surface area contributed by atoms with E-state index >= 15 is 0 Å². The molecule has 0 saturated carbocycles. The van der Waals surface area contributed by atoms with Gasteiger partial charge in [0.25, 0.3) is 0 Å². The molecule has 4 aromatic rings. The van der Waals surface area contributed by atoms with Crippen LogP contribution in [0, 0.1) is 6.92 Å². The van der Waals surface area contributed by atoms with E-state index in [0.717, 1.165) is 5.56 Å². The molecule has 0 aliphatic rings. The lowest BCUT2D eigenvalue weighted by molar-refractivity contribution is -0.133. The van der Waals surface area contributed by atoms with E-state index in [-0.39, 0.29) is 23.3 Å². The Labute approximate surface area is 190 Å². The number of hydrogen-bond donors (Lipinski definition) is 0. The van der Waals surface area contributed by atoms with Crippen LogP contribution >= 0.6 is 0 Å². The molecule has 0 aliphatic carbocycles. The van der Waals surface area contributed by atoms with Crippen molar-refractivity contribution in [3.8, 4) is 28.7 Å². The number of methoxy groups -OCH3 is 2. The average molecular weight is 446 g/mol. The van der Waals surface area contributed by atoms with Crippen LogP contribution in [0.1, 0.15) is 11.3 Å². The van der Waals surface area contributed by atoms with Gasteiger partial charge in [-0.3, -0.25) is 9.59 Å². The van der Waals surface area contributed by atoms with Crippen molar-refractivity contribution in [2.45, 2.75) is 13.3 Å². The Hall–Kier alpha value is -4.26. The molecule has 0 saturated heterocycles. The average Bonchev–Trinajstić information content (AvgIpc) is 2.82. The first-order valence-electron chi connectivity index (χ1n) is 10.2. The fourth-order valence-electron chi connectivity index (χ4n) is 3.31. The first-order valence-corrected chi connectivity index (χ1v) is 10.2. The van der Waals surface area contributed by atoms with Crippen LogP contribution in [0.4, 0.5) is 0 Å². The molecule has 0 unspecified atom stereocenters. The van der Waals surface area contributed by atoms with Crippen LogP contribution in [0.3, 0.4) is 0 Å². The van der Waals surface area contributed by atoms with Gasteiger partial charge in [-0.05, 0) is 48.9 Å². The van der Waals surface area contributed by atoms with Gasteiger partial charge < -0.3 is 23.4 Å². The van der Waals surface area contributed by atoms with Crippen molar-refractivity contribution < 1.29 is 28.2 Å². The van der Waals surface area contributed by atoms with E-state index in [1.807, 2.05) is 0 Å². The van der Waals surface area contributed by atoms with Crippen molar-refractivity contribution in [1.82, 2.24) is 0 Å². The predicted octanol–water partition coefficient (Wildman–Crippen LogP) is 5.06. The highest BCUT2D eigenvalue weighted by Crippen LogP contribution is 2.29. The highest BCUT2D eigenvalue weighted by molar-refractivity contribution is 5.81. The van der Waals surface area contributed by atoms with E-state index in [2.05, 4.69) is 0 Å². The summed E-state index contributed by atoms with van der Waals surface area (Å²) in [5.74, 6) is 2.00. The zero-order valence-corrected chi connectivity index (χ0v) is 18.4. The molecule has 0 fully saturated rings. The maximum absolute atomic E-state index is 13.0. The molecule has 1 heterocycles. The molecule has 7 nitrogen and oxygen atoms in total. The van der Waals surface area contributed by atoms with Gasteiger partial charge in [0.2, 0.25) is 11.2 Å². The number of benzene rings is 3. The van der Waals surface area contributed by atoms with E-state index in [4.69, 9.17) is 23.4 Å². The van der Waals surface area contributed by atoms with Gasteiger partial charge in [-0.1, -0.05) is 18.2 Å². The molecule has 1 aromatic heterocycles. The number of carbonyl (C=O) groups excluding carboxylic acids is 1. The molecule has 0 radical (unpaired) electrons. The fraction of sp³-hybridized carbons (Fsp3) is 0.154. The van der Waals surface area contributed by atoms with E-state index in [1.54, 1.807) is 81.8 Å². The van der Waals surface area contributed by atoms with Gasteiger partial charge in [0, 0.05) is 12.1 Å². The quantitative estimate of drug-likeness (QED) is 0.290. The molecule has 0 N–H and O–H groups in total. The second-order valence-electron chi connectivity index (χ2n) is 7.25. The van der Waals surface area contributed by atoms with Gasteiger partial charge in [-0.25, -0.2) is 0 Å². The van der Waals surface area contributed by atoms with E-state index in [9.17, 15) is 9.59 Å². The molecule has 0 spiro atoms. The molecule has 33 heavy (non-hydrogen) atoms. The van der Waals surface area contributed by atoms with Crippen LogP contribution in [0.15, 0.2) is 75.9 Å². The van der Waals surface area contributed by atoms with E-state index in [0.29, 0.717) is 34.0 Å². The lowest BCUT2D eigenvalue weighted by Gasteiger charge is -2.10. The van der Waals surface area contributed by atoms with Crippen LogP contribution in [-0.4, -0.2) is 20.2 Å². The number of ether oxygens (including phenoxy) is 4. The molecule has 168 valence electrons. The van der Waals surface area contributed by atoms with Crippen molar-refractivity contribution >= 4 is 16.9 Å². The highest BCUT2D eigenvalue weighted by atomic mass is 16.5. The Bertz CT molecular complexity index is 1350. The second kappa shape index (κ2) is 9.48. The number of rotatable bonds is 7. The van der Waals surface area contributed by atoms with E-state index < -0.39 is 5.97 Å². The number of fused-ring (bicyclic) bond motifs is 1. The monoisotopic (exact) mass is 446 g/mol. The first-order chi connectivity index (χ1) is 16.0. The Morgan fingerprint density at radius 3 is 2.27 bits per heavy atom. The van der Waals surface area contributed by atoms with Gasteiger partial charge in [0.15, 0.2) is 0 Å². The van der Waals surface area contributed by atoms with Crippen LogP contribution in [0.2, 0.25) is 0 Å². The largest absolute Gasteiger partial charge is 0.497 e. The van der Waals surface area contributed by atoms with Crippen LogP contribution < -0.4 is 24.4 Å². The summed E-state index contributed by atoms with van der Waals surface area (Å²) in [6.45, 7) is 1.64. The smallest absolute Gasteiger partial charge is 0.315 e. The minimum atomic E-state index is -0.434. The Kier molecular flexibility index (Phi) is 6.31. The van der Waals surface area contributed by atoms with Gasteiger partial charge in [0.1, 0.15) is 34.3 Å². The van der Waals surface area contributed by atoms with Crippen molar-refractivity contribution in [2.24, 2.45) is 0 Å². The third-order valence-electron chi connectivity index (χ3n) is 4.99. The van der Waals surface area contributed by atoms with Gasteiger partial charge in [-0.15, -0.1) is 0 Å². The van der Waals surface area contributed by atoms with Crippen molar-refractivity contribution in [2.75, 3.05) is 14.2 Å². The normalized spacial score (nSPS) is 10.6. The lowest BCUT2D eigenvalue weighted by atomic mass is 10.1. The molecule has 7 heteroatoms. The zero-order valence-electron chi connectivity index (χ0n) is 18.4. The molecule has 3 aromatic carbocycles. The summed E-state index contributed by atoms with van der Waals surface area (Å²) in [6.07, 6.45) is 0.0956. The minimum Gasteiger partial charge on any atom is -0.497 e. The molecule has 0 bridgehead atoms. The Balaban J connectivity index is 1.54. The Morgan fingerprint density at radius 2 is 1.55 bits per heavy atom. The topological polar surface area (TPSA) is 84.2 Å². The standard InChI is InChI=1S/C26H22O7/c1-16-26(33-20-6-4-5-19(14-20)30-3)25(28)22-12-11-21(15-23(22)31-16)32-24(27)13-17-7-9-18(29-2)10-8-17/h4-12,14-15H,13H2,1-3H3. The van der Waals surface area contributed by atoms with Gasteiger partial charge >= 0.3 is 5.97 Å². The molecule has 4 rings (SSSR count). The summed E-state index contributed by atoms with van der Waals surface area (Å²) in [5.41, 5.74) is 0.765. The van der Waals surface area contributed by atoms with E-state index in [1.165, 1.54) is 6.07 Å². The number of carbonyl (C=O) groups is 1. The van der Waals surface area contributed by atoms with Crippen LogP contribution in [-0.2, 0) is 11.2 Å². The van der Waals surface area contributed by atoms with Crippen molar-refractivity contribution in [3.63, 3.8) is 0 Å². The molecule has 0 aliphatic heterocycles. The van der Waals surface area contributed by atoms with Crippen LogP contribution in [0.5, 0.6) is 28.7 Å². The zero-order chi connectivity index (χ0) is 23.4. The summed E-state index contributed by atoms with van der Waals surface area (Å²) < 4.78 is 27.3.